The predicted octanol–water partition coefficient (Wildman–Crippen LogP) is 2.71. The minimum Gasteiger partial charge on any atom is -0.382 e. The molecule has 0 aliphatic carbocycles. The molecule has 1 aromatic rings. The summed E-state index contributed by atoms with van der Waals surface area (Å²) in [6, 6.07) is 9.17. The number of hydrogen-bond donors (Lipinski definition) is 1. The van der Waals surface area contributed by atoms with E-state index in [0.717, 1.165) is 52.5 Å². The molecule has 3 aliphatic heterocycles. The molecule has 3 atom stereocenters. The summed E-state index contributed by atoms with van der Waals surface area (Å²) >= 11 is 0. The van der Waals surface area contributed by atoms with Crippen LogP contribution in [-0.2, 0) is 28.5 Å². The highest BCUT2D eigenvalue weighted by Gasteiger charge is 2.39. The van der Waals surface area contributed by atoms with Crippen LogP contribution >= 0.6 is 0 Å². The standard InChI is InChI=1S/C13H16N2O2.C6H10O3.C4H10O/c1-2-3-9-11-12(16)14-15(13(11)17)10-7-5-4-6-8-10;1(5-3-8-5)7-2-6-4-9-6;1-3-5-4-2/h4-8,11H,2-3,9H2,1H3,(H,14,16);5-6H,1-4H2;3-4H2,1-2H3. The lowest BCUT2D eigenvalue weighted by Crippen LogP contribution is -2.35. The second kappa shape index (κ2) is 14.1. The first-order valence-electron chi connectivity index (χ1n) is 11.2. The van der Waals surface area contributed by atoms with Crippen LogP contribution in [0.2, 0.25) is 0 Å². The van der Waals surface area contributed by atoms with Gasteiger partial charge in [0, 0.05) is 13.2 Å². The number of carbonyl (C=O) groups is 2. The summed E-state index contributed by atoms with van der Waals surface area (Å²) < 4.78 is 20.0. The van der Waals surface area contributed by atoms with E-state index in [1.165, 1.54) is 5.01 Å². The molecule has 0 saturated carbocycles. The van der Waals surface area contributed by atoms with Gasteiger partial charge in [0.05, 0.1) is 32.1 Å². The van der Waals surface area contributed by atoms with Gasteiger partial charge in [-0.05, 0) is 32.4 Å². The summed E-state index contributed by atoms with van der Waals surface area (Å²) in [5.41, 5.74) is 3.34. The van der Waals surface area contributed by atoms with Gasteiger partial charge in [0.1, 0.15) is 18.1 Å². The van der Waals surface area contributed by atoms with E-state index >= 15 is 0 Å². The van der Waals surface area contributed by atoms with E-state index in [1.807, 2.05) is 39.0 Å². The Balaban J connectivity index is 0.000000202. The average molecular weight is 437 g/mol. The molecule has 174 valence electrons. The number of nitrogens with zero attached hydrogens (tertiary/aromatic N) is 1. The number of benzene rings is 1. The highest BCUT2D eigenvalue weighted by Crippen LogP contribution is 2.22. The van der Waals surface area contributed by atoms with Crippen LogP contribution in [0.25, 0.3) is 0 Å². The van der Waals surface area contributed by atoms with Crippen LogP contribution in [0.1, 0.15) is 40.0 Å². The Bertz CT molecular complexity index is 635. The number of hydrogen-bond acceptors (Lipinski definition) is 6. The number of hydrazine groups is 1. The van der Waals surface area contributed by atoms with E-state index in [9.17, 15) is 9.59 Å². The molecular weight excluding hydrogens is 400 g/mol. The fraction of sp³-hybridized carbons (Fsp3) is 0.652. The number of para-hydroxylation sites is 1. The molecule has 31 heavy (non-hydrogen) atoms. The molecule has 8 nitrogen and oxygen atoms in total. The lowest BCUT2D eigenvalue weighted by molar-refractivity contribution is -0.127. The van der Waals surface area contributed by atoms with Crippen molar-refractivity contribution in [3.63, 3.8) is 0 Å². The van der Waals surface area contributed by atoms with Gasteiger partial charge in [-0.25, -0.2) is 5.01 Å². The Morgan fingerprint density at radius 3 is 2.00 bits per heavy atom. The van der Waals surface area contributed by atoms with E-state index in [2.05, 4.69) is 5.43 Å². The topological polar surface area (TPSA) is 92.9 Å². The number of nitrogens with one attached hydrogen (secondary N) is 1. The van der Waals surface area contributed by atoms with Crippen molar-refractivity contribution in [2.24, 2.45) is 5.92 Å². The van der Waals surface area contributed by atoms with Crippen LogP contribution in [0.15, 0.2) is 30.3 Å². The summed E-state index contributed by atoms with van der Waals surface area (Å²) in [4.78, 5) is 23.8. The van der Waals surface area contributed by atoms with Crippen LogP contribution < -0.4 is 10.4 Å². The predicted molar refractivity (Wildman–Crippen MR) is 118 cm³/mol. The van der Waals surface area contributed by atoms with Crippen LogP contribution in [0.5, 0.6) is 0 Å². The van der Waals surface area contributed by atoms with Gasteiger partial charge >= 0.3 is 0 Å². The smallest absolute Gasteiger partial charge is 0.258 e. The normalized spacial score (nSPS) is 23.3. The van der Waals surface area contributed by atoms with E-state index in [-0.39, 0.29) is 11.8 Å². The lowest BCUT2D eigenvalue weighted by Gasteiger charge is -2.14. The Labute approximate surface area is 185 Å². The summed E-state index contributed by atoms with van der Waals surface area (Å²) in [5, 5.41) is 1.35. The van der Waals surface area contributed by atoms with Crippen molar-refractivity contribution in [1.82, 2.24) is 5.43 Å². The summed E-state index contributed by atoms with van der Waals surface area (Å²) in [7, 11) is 0. The molecule has 0 bridgehead atoms. The van der Waals surface area contributed by atoms with Crippen molar-refractivity contribution < 1.29 is 28.5 Å². The molecule has 0 radical (unpaired) electrons. The third-order valence-electron chi connectivity index (χ3n) is 4.74. The molecule has 8 heteroatoms. The van der Waals surface area contributed by atoms with Gasteiger partial charge in [-0.2, -0.15) is 0 Å². The minimum atomic E-state index is -0.518. The zero-order valence-electron chi connectivity index (χ0n) is 18.9. The Hall–Kier alpha value is -2.00. The summed E-state index contributed by atoms with van der Waals surface area (Å²) in [6.07, 6.45) is 3.30. The van der Waals surface area contributed by atoms with Gasteiger partial charge in [0.2, 0.25) is 0 Å². The maximum absolute atomic E-state index is 12.1. The molecule has 0 aromatic heterocycles. The first kappa shape index (κ1) is 25.3. The number of epoxide rings is 2. The fourth-order valence-corrected chi connectivity index (χ4v) is 2.81. The van der Waals surface area contributed by atoms with Gasteiger partial charge in [0.25, 0.3) is 11.8 Å². The van der Waals surface area contributed by atoms with Crippen molar-refractivity contribution in [3.8, 4) is 0 Å². The molecule has 3 heterocycles. The maximum atomic E-state index is 12.1. The molecule has 3 fully saturated rings. The molecule has 3 aliphatic rings. The average Bonchev–Trinajstić information content (AvgIpc) is 3.71. The molecule has 3 unspecified atom stereocenters. The molecule has 4 rings (SSSR count). The number of unbranched alkanes of at least 4 members (excludes halogenated alkanes) is 1. The maximum Gasteiger partial charge on any atom is 0.258 e. The third kappa shape index (κ3) is 9.78. The van der Waals surface area contributed by atoms with E-state index in [0.29, 0.717) is 24.3 Å². The van der Waals surface area contributed by atoms with Gasteiger partial charge in [-0.15, -0.1) is 0 Å². The summed E-state index contributed by atoms with van der Waals surface area (Å²) in [5.74, 6) is -0.850. The molecule has 1 N–H and O–H groups in total. The van der Waals surface area contributed by atoms with Crippen molar-refractivity contribution in [2.75, 3.05) is 44.7 Å². The monoisotopic (exact) mass is 436 g/mol. The second-order valence-electron chi connectivity index (χ2n) is 7.41. The first-order valence-corrected chi connectivity index (χ1v) is 11.2. The Morgan fingerprint density at radius 1 is 0.968 bits per heavy atom. The number of anilines is 1. The summed E-state index contributed by atoms with van der Waals surface area (Å²) in [6.45, 7) is 11.0. The Morgan fingerprint density at radius 2 is 1.55 bits per heavy atom. The zero-order valence-corrected chi connectivity index (χ0v) is 18.9. The van der Waals surface area contributed by atoms with Crippen molar-refractivity contribution >= 4 is 17.5 Å². The lowest BCUT2D eigenvalue weighted by atomic mass is 10.0. The number of carbonyl (C=O) groups excluding carboxylic acids is 2. The molecule has 2 amide bonds. The van der Waals surface area contributed by atoms with Gasteiger partial charge in [-0.1, -0.05) is 38.0 Å². The first-order chi connectivity index (χ1) is 15.1. The molecule has 0 spiro atoms. The highest BCUT2D eigenvalue weighted by molar-refractivity contribution is 6.14. The van der Waals surface area contributed by atoms with E-state index in [1.54, 1.807) is 12.1 Å². The van der Waals surface area contributed by atoms with Crippen molar-refractivity contribution in [3.05, 3.63) is 30.3 Å². The number of ether oxygens (including phenoxy) is 4. The minimum absolute atomic E-state index is 0.144. The van der Waals surface area contributed by atoms with Crippen molar-refractivity contribution in [1.29, 1.82) is 0 Å². The van der Waals surface area contributed by atoms with Crippen LogP contribution in [0.4, 0.5) is 5.69 Å². The van der Waals surface area contributed by atoms with Crippen molar-refractivity contribution in [2.45, 2.75) is 52.2 Å². The van der Waals surface area contributed by atoms with Gasteiger partial charge < -0.3 is 18.9 Å². The van der Waals surface area contributed by atoms with Crippen LogP contribution in [-0.4, -0.2) is 63.7 Å². The largest absolute Gasteiger partial charge is 0.382 e. The van der Waals surface area contributed by atoms with Gasteiger partial charge in [-0.3, -0.25) is 15.0 Å². The molecule has 1 aromatic carbocycles. The zero-order chi connectivity index (χ0) is 22.5. The van der Waals surface area contributed by atoms with Crippen LogP contribution in [0, 0.1) is 5.92 Å². The third-order valence-corrected chi connectivity index (χ3v) is 4.74. The highest BCUT2D eigenvalue weighted by atomic mass is 16.6. The van der Waals surface area contributed by atoms with E-state index in [4.69, 9.17) is 18.9 Å². The van der Waals surface area contributed by atoms with Crippen LogP contribution in [0.3, 0.4) is 0 Å². The van der Waals surface area contributed by atoms with E-state index < -0.39 is 5.92 Å². The quantitative estimate of drug-likeness (QED) is 0.448. The van der Waals surface area contributed by atoms with Gasteiger partial charge in [0.15, 0.2) is 0 Å². The number of amides is 2. The molecular formula is C23H36N2O6. The number of rotatable bonds is 10. The Kier molecular flexibility index (Phi) is 11.5. The fourth-order valence-electron chi connectivity index (χ4n) is 2.81. The molecule has 3 saturated heterocycles. The SMILES string of the molecule is C(OCC1CO1)C1CO1.CCCCC1C(=O)NN(c2ccccc2)C1=O.CCOCC. The second-order valence-corrected chi connectivity index (χ2v) is 7.41.